The summed E-state index contributed by atoms with van der Waals surface area (Å²) in [6.45, 7) is 1.18. The van der Waals surface area contributed by atoms with Gasteiger partial charge in [-0.05, 0) is 47.4 Å². The van der Waals surface area contributed by atoms with Gasteiger partial charge in [0.2, 0.25) is 5.91 Å². The third-order valence-electron chi connectivity index (χ3n) is 4.88. The lowest BCUT2D eigenvalue weighted by Crippen LogP contribution is -2.32. The molecule has 1 amide bonds. The van der Waals surface area contributed by atoms with E-state index in [1.807, 2.05) is 6.20 Å². The number of aromatic amines is 1. The van der Waals surface area contributed by atoms with E-state index in [9.17, 15) is 9.18 Å². The average Bonchev–Trinajstić information content (AvgIpc) is 3.17. The fourth-order valence-corrected chi connectivity index (χ4v) is 3.57. The molecule has 136 valence electrons. The Morgan fingerprint density at radius 1 is 1.42 bits per heavy atom. The first-order valence-electron chi connectivity index (χ1n) is 8.59. The van der Waals surface area contributed by atoms with E-state index < -0.39 is 5.82 Å². The molecule has 2 N–H and O–H groups in total. The number of nitrogens with one attached hydrogen (secondary N) is 2. The highest BCUT2D eigenvalue weighted by molar-refractivity contribution is 6.31. The van der Waals surface area contributed by atoms with E-state index in [1.165, 1.54) is 6.07 Å². The summed E-state index contributed by atoms with van der Waals surface area (Å²) in [6.07, 6.45) is 4.65. The number of carbonyl (C=O) groups excluding carboxylic acids is 1. The summed E-state index contributed by atoms with van der Waals surface area (Å²) in [7, 11) is 0. The highest BCUT2D eigenvalue weighted by Crippen LogP contribution is 2.25. The van der Waals surface area contributed by atoms with Crippen LogP contribution in [-0.2, 0) is 24.2 Å². The van der Waals surface area contributed by atoms with Crippen LogP contribution in [0, 0.1) is 11.7 Å². The Bertz CT molecular complexity index is 930. The van der Waals surface area contributed by atoms with E-state index in [1.54, 1.807) is 10.7 Å². The summed E-state index contributed by atoms with van der Waals surface area (Å²) in [5.41, 5.74) is 1.70. The second-order valence-corrected chi connectivity index (χ2v) is 6.92. The van der Waals surface area contributed by atoms with Crippen LogP contribution in [0.4, 0.5) is 4.39 Å². The molecule has 0 saturated carbocycles. The molecule has 1 aromatic carbocycles. The number of H-pyrrole nitrogens is 1. The van der Waals surface area contributed by atoms with Crippen molar-refractivity contribution in [3.63, 3.8) is 0 Å². The van der Waals surface area contributed by atoms with E-state index in [4.69, 9.17) is 11.6 Å². The van der Waals surface area contributed by atoms with Gasteiger partial charge in [0, 0.05) is 42.5 Å². The number of rotatable bonds is 4. The molecule has 26 heavy (non-hydrogen) atoms. The van der Waals surface area contributed by atoms with Gasteiger partial charge in [-0.2, -0.15) is 0 Å². The molecule has 7 nitrogen and oxygen atoms in total. The first-order valence-corrected chi connectivity index (χ1v) is 8.97. The topological polar surface area (TPSA) is 88.5 Å². The SMILES string of the molecule is O=C(NCCc1c[nH]c2cc(F)c(Cl)cc12)C1CCc2nnnn2CC1. The Balaban J connectivity index is 1.34. The Morgan fingerprint density at radius 3 is 3.19 bits per heavy atom. The Hall–Kier alpha value is -2.48. The van der Waals surface area contributed by atoms with Gasteiger partial charge in [-0.1, -0.05) is 11.6 Å². The van der Waals surface area contributed by atoms with Crippen molar-refractivity contribution in [3.05, 3.63) is 40.6 Å². The minimum absolute atomic E-state index is 0.0487. The van der Waals surface area contributed by atoms with Crippen molar-refractivity contribution in [2.75, 3.05) is 6.54 Å². The fraction of sp³-hybridized carbons (Fsp3) is 0.412. The lowest BCUT2D eigenvalue weighted by atomic mass is 9.99. The van der Waals surface area contributed by atoms with Crippen LogP contribution in [0.15, 0.2) is 18.3 Å². The van der Waals surface area contributed by atoms with Gasteiger partial charge in [0.15, 0.2) is 5.82 Å². The molecule has 3 heterocycles. The lowest BCUT2D eigenvalue weighted by molar-refractivity contribution is -0.125. The molecule has 0 aliphatic carbocycles. The normalized spacial score (nSPS) is 17.1. The maximum absolute atomic E-state index is 13.5. The second kappa shape index (κ2) is 7.03. The second-order valence-electron chi connectivity index (χ2n) is 6.51. The Labute approximate surface area is 153 Å². The van der Waals surface area contributed by atoms with E-state index in [0.717, 1.165) is 29.6 Å². The summed E-state index contributed by atoms with van der Waals surface area (Å²) in [4.78, 5) is 15.5. The number of aryl methyl sites for hydroxylation is 2. The monoisotopic (exact) mass is 376 g/mol. The molecule has 1 aliphatic heterocycles. The van der Waals surface area contributed by atoms with Gasteiger partial charge in [-0.15, -0.1) is 5.10 Å². The zero-order valence-corrected chi connectivity index (χ0v) is 14.8. The summed E-state index contributed by atoms with van der Waals surface area (Å²) in [6, 6.07) is 3.01. The van der Waals surface area contributed by atoms with Crippen LogP contribution >= 0.6 is 11.6 Å². The molecule has 1 atom stereocenters. The van der Waals surface area contributed by atoms with Crippen LogP contribution in [0.25, 0.3) is 10.9 Å². The predicted octanol–water partition coefficient (Wildman–Crippen LogP) is 2.26. The van der Waals surface area contributed by atoms with Gasteiger partial charge in [0.1, 0.15) is 5.82 Å². The molecule has 3 aromatic rings. The largest absolute Gasteiger partial charge is 0.361 e. The van der Waals surface area contributed by atoms with Crippen LogP contribution in [0.1, 0.15) is 24.2 Å². The zero-order valence-electron chi connectivity index (χ0n) is 14.0. The highest BCUT2D eigenvalue weighted by Gasteiger charge is 2.23. The molecule has 1 aliphatic rings. The number of nitrogens with zero attached hydrogens (tertiary/aromatic N) is 4. The standard InChI is InChI=1S/C17H18ClFN6O/c18-13-7-12-11(9-21-15(12)8-14(13)19)3-5-20-17(26)10-1-2-16-22-23-24-25(16)6-4-10/h7-10,21H,1-6H2,(H,20,26). The summed E-state index contributed by atoms with van der Waals surface area (Å²) < 4.78 is 15.3. The number of fused-ring (bicyclic) bond motifs is 2. The molecule has 0 spiro atoms. The van der Waals surface area contributed by atoms with Crippen molar-refractivity contribution in [1.29, 1.82) is 0 Å². The molecule has 0 bridgehead atoms. The number of benzene rings is 1. The Kier molecular flexibility index (Phi) is 4.58. The number of aromatic nitrogens is 5. The van der Waals surface area contributed by atoms with Crippen molar-refractivity contribution >= 4 is 28.4 Å². The van der Waals surface area contributed by atoms with Gasteiger partial charge < -0.3 is 10.3 Å². The van der Waals surface area contributed by atoms with Crippen LogP contribution in [-0.4, -0.2) is 37.6 Å². The third kappa shape index (κ3) is 3.29. The van der Waals surface area contributed by atoms with E-state index in [-0.39, 0.29) is 16.8 Å². The van der Waals surface area contributed by atoms with E-state index >= 15 is 0 Å². The first kappa shape index (κ1) is 17.0. The van der Waals surface area contributed by atoms with Crippen LogP contribution in [0.2, 0.25) is 5.02 Å². The molecule has 0 saturated heterocycles. The van der Waals surface area contributed by atoms with Gasteiger partial charge in [-0.3, -0.25) is 4.79 Å². The maximum Gasteiger partial charge on any atom is 0.223 e. The number of amides is 1. The van der Waals surface area contributed by atoms with Crippen molar-refractivity contribution in [2.24, 2.45) is 5.92 Å². The van der Waals surface area contributed by atoms with Crippen molar-refractivity contribution in [2.45, 2.75) is 32.2 Å². The number of carbonyl (C=O) groups is 1. The van der Waals surface area contributed by atoms with E-state index in [0.29, 0.717) is 31.4 Å². The molecule has 0 radical (unpaired) electrons. The quantitative estimate of drug-likeness (QED) is 0.731. The van der Waals surface area contributed by atoms with Gasteiger partial charge in [-0.25, -0.2) is 9.07 Å². The van der Waals surface area contributed by atoms with Crippen molar-refractivity contribution in [3.8, 4) is 0 Å². The highest BCUT2D eigenvalue weighted by atomic mass is 35.5. The number of hydrogen-bond acceptors (Lipinski definition) is 4. The van der Waals surface area contributed by atoms with E-state index in [2.05, 4.69) is 25.8 Å². The summed E-state index contributed by atoms with van der Waals surface area (Å²) in [5.74, 6) is 0.389. The molecule has 0 fully saturated rings. The van der Waals surface area contributed by atoms with Gasteiger partial charge >= 0.3 is 0 Å². The van der Waals surface area contributed by atoms with Crippen LogP contribution in [0.5, 0.6) is 0 Å². The number of tetrazole rings is 1. The van der Waals surface area contributed by atoms with Crippen molar-refractivity contribution in [1.82, 2.24) is 30.5 Å². The number of hydrogen-bond donors (Lipinski definition) is 2. The minimum atomic E-state index is -0.445. The van der Waals surface area contributed by atoms with Crippen molar-refractivity contribution < 1.29 is 9.18 Å². The molecule has 4 rings (SSSR count). The van der Waals surface area contributed by atoms with Gasteiger partial charge in [0.25, 0.3) is 0 Å². The maximum atomic E-state index is 13.5. The van der Waals surface area contributed by atoms with Crippen LogP contribution in [0.3, 0.4) is 0 Å². The molecule has 2 aromatic heterocycles. The van der Waals surface area contributed by atoms with Gasteiger partial charge in [0.05, 0.1) is 5.02 Å². The lowest BCUT2D eigenvalue weighted by Gasteiger charge is -2.13. The first-order chi connectivity index (χ1) is 12.6. The fourth-order valence-electron chi connectivity index (χ4n) is 3.41. The summed E-state index contributed by atoms with van der Waals surface area (Å²) in [5, 5.41) is 15.5. The molecule has 1 unspecified atom stereocenters. The smallest absolute Gasteiger partial charge is 0.223 e. The third-order valence-corrected chi connectivity index (χ3v) is 5.17. The molecular formula is C17H18ClFN6O. The molecule has 9 heteroatoms. The average molecular weight is 377 g/mol. The predicted molar refractivity (Wildman–Crippen MR) is 94.2 cm³/mol. The zero-order chi connectivity index (χ0) is 18.1. The number of halogens is 2. The molecular weight excluding hydrogens is 359 g/mol. The Morgan fingerprint density at radius 2 is 2.31 bits per heavy atom. The minimum Gasteiger partial charge on any atom is -0.361 e. The summed E-state index contributed by atoms with van der Waals surface area (Å²) >= 11 is 5.87. The van der Waals surface area contributed by atoms with Crippen LogP contribution < -0.4 is 5.32 Å².